The van der Waals surface area contributed by atoms with Crippen LogP contribution in [0.3, 0.4) is 0 Å². The van der Waals surface area contributed by atoms with E-state index in [4.69, 9.17) is 4.74 Å². The van der Waals surface area contributed by atoms with Gasteiger partial charge < -0.3 is 4.74 Å². The van der Waals surface area contributed by atoms with Crippen LogP contribution in [0, 0.1) is 17.8 Å². The molecule has 0 radical (unpaired) electrons. The Labute approximate surface area is 177 Å². The molecule has 28 heavy (non-hydrogen) atoms. The Balaban J connectivity index is 1.37. The van der Waals surface area contributed by atoms with Crippen molar-refractivity contribution < 1.29 is 14.3 Å². The Hall–Kier alpha value is -1.16. The van der Waals surface area contributed by atoms with E-state index >= 15 is 0 Å². The van der Waals surface area contributed by atoms with E-state index in [-0.39, 0.29) is 24.3 Å². The molecule has 1 aromatic carbocycles. The number of benzene rings is 1. The smallest absolute Gasteiger partial charge is 0.313 e. The maximum atomic E-state index is 12.2. The topological polar surface area (TPSA) is 43.4 Å². The Bertz CT molecular complexity index is 638. The number of ether oxygens (including phenoxy) is 1. The molecule has 0 N–H and O–H groups in total. The molecule has 2 fully saturated rings. The monoisotopic (exact) mass is 448 g/mol. The molecule has 0 bridgehead atoms. The van der Waals surface area contributed by atoms with Gasteiger partial charge >= 0.3 is 5.97 Å². The van der Waals surface area contributed by atoms with Crippen molar-refractivity contribution in [3.63, 3.8) is 0 Å². The van der Waals surface area contributed by atoms with Crippen LogP contribution >= 0.6 is 15.9 Å². The molecule has 3 nitrogen and oxygen atoms in total. The van der Waals surface area contributed by atoms with Crippen molar-refractivity contribution >= 4 is 27.7 Å². The lowest BCUT2D eigenvalue weighted by Gasteiger charge is -2.37. The van der Waals surface area contributed by atoms with Gasteiger partial charge in [0.1, 0.15) is 12.5 Å². The van der Waals surface area contributed by atoms with Crippen molar-refractivity contribution in [3.05, 3.63) is 34.3 Å². The van der Waals surface area contributed by atoms with Gasteiger partial charge in [0.15, 0.2) is 5.78 Å². The maximum absolute atomic E-state index is 12.2. The molecule has 0 amide bonds. The average Bonchev–Trinajstić information content (AvgIpc) is 2.70. The second-order valence-electron chi connectivity index (χ2n) is 8.70. The van der Waals surface area contributed by atoms with Gasteiger partial charge in [-0.2, -0.15) is 0 Å². The lowest BCUT2D eigenvalue weighted by atomic mass is 9.70. The van der Waals surface area contributed by atoms with E-state index < -0.39 is 0 Å². The number of carbonyl (C=O) groups is 2. The summed E-state index contributed by atoms with van der Waals surface area (Å²) in [5, 5.41) is 0. The number of hydrogen-bond donors (Lipinski definition) is 0. The summed E-state index contributed by atoms with van der Waals surface area (Å²) in [6.07, 6.45) is 12.4. The Kier molecular flexibility index (Phi) is 8.13. The minimum atomic E-state index is -0.378. The molecule has 0 aliphatic heterocycles. The van der Waals surface area contributed by atoms with E-state index in [0.29, 0.717) is 5.56 Å². The zero-order chi connectivity index (χ0) is 19.9. The third-order valence-electron chi connectivity index (χ3n) is 6.74. The first-order valence-corrected chi connectivity index (χ1v) is 11.8. The summed E-state index contributed by atoms with van der Waals surface area (Å²) in [5.41, 5.74) is 0.558. The van der Waals surface area contributed by atoms with E-state index in [1.807, 2.05) is 12.1 Å². The quantitative estimate of drug-likeness (QED) is 0.263. The summed E-state index contributed by atoms with van der Waals surface area (Å²) in [6.45, 7) is 2.29. The fourth-order valence-electron chi connectivity index (χ4n) is 5.13. The summed E-state index contributed by atoms with van der Waals surface area (Å²) >= 11 is 3.35. The first-order chi connectivity index (χ1) is 13.5. The highest BCUT2D eigenvalue weighted by Gasteiger charge is 2.32. The van der Waals surface area contributed by atoms with Crippen molar-refractivity contribution in [2.24, 2.45) is 17.8 Å². The zero-order valence-corrected chi connectivity index (χ0v) is 18.6. The maximum Gasteiger partial charge on any atom is 0.313 e. The predicted octanol–water partition coefficient (Wildman–Crippen LogP) is 6.73. The molecule has 4 heteroatoms. The first kappa shape index (κ1) is 21.5. The number of hydrogen-bond acceptors (Lipinski definition) is 3. The van der Waals surface area contributed by atoms with E-state index in [9.17, 15) is 9.59 Å². The summed E-state index contributed by atoms with van der Waals surface area (Å²) < 4.78 is 6.54. The van der Waals surface area contributed by atoms with Crippen LogP contribution in [-0.2, 0) is 9.53 Å². The van der Waals surface area contributed by atoms with Crippen LogP contribution in [0.1, 0.15) is 87.9 Å². The van der Waals surface area contributed by atoms with Crippen LogP contribution in [0.2, 0.25) is 0 Å². The van der Waals surface area contributed by atoms with Gasteiger partial charge in [0.05, 0.1) is 0 Å². The van der Waals surface area contributed by atoms with Gasteiger partial charge in [0.2, 0.25) is 0 Å². The molecule has 3 rings (SSSR count). The highest BCUT2D eigenvalue weighted by molar-refractivity contribution is 9.10. The molecule has 0 heterocycles. The third-order valence-corrected chi connectivity index (χ3v) is 7.27. The normalized spacial score (nSPS) is 27.9. The number of rotatable bonds is 7. The van der Waals surface area contributed by atoms with Crippen LogP contribution in [0.4, 0.5) is 0 Å². The molecule has 2 aliphatic rings. The summed E-state index contributed by atoms with van der Waals surface area (Å²) in [4.78, 5) is 24.4. The first-order valence-electron chi connectivity index (χ1n) is 11.0. The Morgan fingerprint density at radius 2 is 1.50 bits per heavy atom. The molecule has 154 valence electrons. The molecule has 0 unspecified atom stereocenters. The molecule has 0 atom stereocenters. The van der Waals surface area contributed by atoms with Crippen LogP contribution in [0.25, 0.3) is 0 Å². The fourth-order valence-corrected chi connectivity index (χ4v) is 5.40. The number of Topliss-reactive ketones (excluding diaryl/α,β-unsaturated/α-hetero) is 1. The second kappa shape index (κ2) is 10.6. The molecule has 2 saturated carbocycles. The molecular formula is C24H33BrO3. The van der Waals surface area contributed by atoms with Gasteiger partial charge in [-0.1, -0.05) is 60.7 Å². The number of ketones is 1. The Morgan fingerprint density at radius 1 is 0.929 bits per heavy atom. The highest BCUT2D eigenvalue weighted by atomic mass is 79.9. The predicted molar refractivity (Wildman–Crippen MR) is 115 cm³/mol. The van der Waals surface area contributed by atoms with E-state index in [0.717, 1.165) is 35.1 Å². The minimum absolute atomic E-state index is 0.00195. The van der Waals surface area contributed by atoms with Crippen molar-refractivity contribution in [1.82, 2.24) is 0 Å². The van der Waals surface area contributed by atoms with E-state index in [1.54, 1.807) is 12.1 Å². The van der Waals surface area contributed by atoms with Crippen molar-refractivity contribution in [2.75, 3.05) is 0 Å². The van der Waals surface area contributed by atoms with Gasteiger partial charge in [-0.15, -0.1) is 0 Å². The van der Waals surface area contributed by atoms with Crippen molar-refractivity contribution in [2.45, 2.75) is 83.7 Å². The molecular weight excluding hydrogens is 416 g/mol. The number of halogens is 1. The van der Waals surface area contributed by atoms with Crippen LogP contribution in [0.15, 0.2) is 28.7 Å². The Morgan fingerprint density at radius 3 is 2.07 bits per heavy atom. The number of esters is 1. The lowest BCUT2D eigenvalue weighted by molar-refractivity contribution is -0.150. The van der Waals surface area contributed by atoms with Crippen molar-refractivity contribution in [1.29, 1.82) is 0 Å². The zero-order valence-electron chi connectivity index (χ0n) is 17.0. The lowest BCUT2D eigenvalue weighted by Crippen LogP contribution is -2.30. The average molecular weight is 449 g/mol. The van der Waals surface area contributed by atoms with Gasteiger partial charge in [0.25, 0.3) is 0 Å². The van der Waals surface area contributed by atoms with Crippen LogP contribution < -0.4 is 0 Å². The fraction of sp³-hybridized carbons (Fsp3) is 0.667. The van der Waals surface area contributed by atoms with Gasteiger partial charge in [0, 0.05) is 10.0 Å². The largest absolute Gasteiger partial charge is 0.462 e. The minimum Gasteiger partial charge on any atom is -0.462 e. The van der Waals surface area contributed by atoms with Gasteiger partial charge in [-0.3, -0.25) is 9.59 Å². The van der Waals surface area contributed by atoms with E-state index in [2.05, 4.69) is 22.9 Å². The molecule has 0 saturated heterocycles. The third kappa shape index (κ3) is 6.17. The van der Waals surface area contributed by atoms with Crippen molar-refractivity contribution in [3.8, 4) is 0 Å². The SMILES string of the molecule is CCCC1CCC(C2CCC(OC(=O)CC(=O)c3ccc(Br)cc3)CC2)CC1. The highest BCUT2D eigenvalue weighted by Crippen LogP contribution is 2.41. The van der Waals surface area contributed by atoms with Crippen LogP contribution in [0.5, 0.6) is 0 Å². The second-order valence-corrected chi connectivity index (χ2v) is 9.62. The standard InChI is InChI=1S/C24H33BrO3/c1-2-3-17-4-6-18(7-5-17)19-10-14-22(15-11-19)28-24(27)16-23(26)20-8-12-21(25)13-9-20/h8-9,12-13,17-19,22H,2-7,10-11,14-16H2,1H3. The molecule has 1 aromatic rings. The van der Waals surface area contributed by atoms with Crippen LogP contribution in [-0.4, -0.2) is 17.9 Å². The molecule has 0 aromatic heterocycles. The number of carbonyl (C=O) groups excluding carboxylic acids is 2. The van der Waals surface area contributed by atoms with Gasteiger partial charge in [-0.25, -0.2) is 0 Å². The molecule has 0 spiro atoms. The summed E-state index contributed by atoms with van der Waals surface area (Å²) in [7, 11) is 0. The van der Waals surface area contributed by atoms with Gasteiger partial charge in [-0.05, 0) is 68.4 Å². The molecule has 2 aliphatic carbocycles. The summed E-state index contributed by atoms with van der Waals surface area (Å²) in [6, 6.07) is 7.10. The van der Waals surface area contributed by atoms with E-state index in [1.165, 1.54) is 51.4 Å². The summed E-state index contributed by atoms with van der Waals surface area (Å²) in [5.74, 6) is 2.10.